The fraction of sp³-hybridized carbons (Fsp3) is 0.444. The van der Waals surface area contributed by atoms with Crippen molar-refractivity contribution in [3.05, 3.63) is 41.2 Å². The number of benzene rings is 1. The SMILES string of the molecule is Nc1nc(CCC(=O)N2CCC[C@@H](COc3cccc(F)c3)C2)cs1. The van der Waals surface area contributed by atoms with Gasteiger partial charge in [0.2, 0.25) is 5.91 Å². The number of likely N-dealkylation sites (tertiary alicyclic amines) is 1. The van der Waals surface area contributed by atoms with Crippen LogP contribution >= 0.6 is 11.3 Å². The number of nitrogens with zero attached hydrogens (tertiary/aromatic N) is 2. The quantitative estimate of drug-likeness (QED) is 0.856. The molecule has 1 aliphatic heterocycles. The van der Waals surface area contributed by atoms with Gasteiger partial charge < -0.3 is 15.4 Å². The maximum absolute atomic E-state index is 13.2. The van der Waals surface area contributed by atoms with Crippen molar-refractivity contribution in [2.75, 3.05) is 25.4 Å². The van der Waals surface area contributed by atoms with Gasteiger partial charge in [-0.15, -0.1) is 11.3 Å². The lowest BCUT2D eigenvalue weighted by Gasteiger charge is -2.32. The van der Waals surface area contributed by atoms with Gasteiger partial charge in [-0.3, -0.25) is 4.79 Å². The first-order valence-electron chi connectivity index (χ1n) is 8.46. The van der Waals surface area contributed by atoms with E-state index in [4.69, 9.17) is 10.5 Å². The summed E-state index contributed by atoms with van der Waals surface area (Å²) in [7, 11) is 0. The molecule has 2 N–H and O–H groups in total. The van der Waals surface area contributed by atoms with Crippen molar-refractivity contribution in [2.24, 2.45) is 5.92 Å². The van der Waals surface area contributed by atoms with Crippen molar-refractivity contribution in [1.82, 2.24) is 9.88 Å². The third-order valence-corrected chi connectivity index (χ3v) is 5.04. The number of aryl methyl sites for hydroxylation is 1. The number of amides is 1. The molecule has 1 fully saturated rings. The smallest absolute Gasteiger partial charge is 0.222 e. The standard InChI is InChI=1S/C18H22FN3O2S/c19-14-4-1-5-16(9-14)24-11-13-3-2-8-22(10-13)17(23)7-6-15-12-25-18(20)21-15/h1,4-5,9,12-13H,2-3,6-8,10-11H2,(H2,20,21)/t13-/m1/s1. The molecular weight excluding hydrogens is 341 g/mol. The van der Waals surface area contributed by atoms with Gasteiger partial charge in [0, 0.05) is 36.9 Å². The molecule has 0 bridgehead atoms. The van der Waals surface area contributed by atoms with E-state index in [1.54, 1.807) is 12.1 Å². The van der Waals surface area contributed by atoms with Crippen LogP contribution in [0.1, 0.15) is 25.0 Å². The number of ether oxygens (including phenoxy) is 1. The number of thiazole rings is 1. The summed E-state index contributed by atoms with van der Waals surface area (Å²) in [5, 5.41) is 2.43. The predicted octanol–water partition coefficient (Wildman–Crippen LogP) is 3.11. The lowest BCUT2D eigenvalue weighted by Crippen LogP contribution is -2.41. The first kappa shape index (κ1) is 17.7. The number of hydrogen-bond acceptors (Lipinski definition) is 5. The summed E-state index contributed by atoms with van der Waals surface area (Å²) in [4.78, 5) is 18.5. The minimum atomic E-state index is -0.305. The summed E-state index contributed by atoms with van der Waals surface area (Å²) in [6.07, 6.45) is 3.04. The van der Waals surface area contributed by atoms with Crippen LogP contribution in [-0.4, -0.2) is 35.5 Å². The Morgan fingerprint density at radius 2 is 2.36 bits per heavy atom. The summed E-state index contributed by atoms with van der Waals surface area (Å²) >= 11 is 1.40. The Balaban J connectivity index is 1.46. The Bertz CT molecular complexity index is 722. The van der Waals surface area contributed by atoms with Gasteiger partial charge in [0.1, 0.15) is 11.6 Å². The van der Waals surface area contributed by atoms with E-state index in [-0.39, 0.29) is 17.6 Å². The van der Waals surface area contributed by atoms with E-state index in [0.29, 0.717) is 36.9 Å². The molecule has 2 heterocycles. The second-order valence-electron chi connectivity index (χ2n) is 6.29. The molecule has 0 aliphatic carbocycles. The minimum absolute atomic E-state index is 0.141. The van der Waals surface area contributed by atoms with Gasteiger partial charge in [0.15, 0.2) is 5.13 Å². The lowest BCUT2D eigenvalue weighted by molar-refractivity contribution is -0.133. The van der Waals surface area contributed by atoms with Crippen LogP contribution in [-0.2, 0) is 11.2 Å². The average Bonchev–Trinajstić information content (AvgIpc) is 3.03. The van der Waals surface area contributed by atoms with Gasteiger partial charge in [-0.05, 0) is 31.4 Å². The maximum atomic E-state index is 13.2. The molecule has 1 aromatic carbocycles. The van der Waals surface area contributed by atoms with Gasteiger partial charge in [0.25, 0.3) is 0 Å². The molecule has 1 saturated heterocycles. The summed E-state index contributed by atoms with van der Waals surface area (Å²) in [5.74, 6) is 0.642. The monoisotopic (exact) mass is 363 g/mol. The number of carbonyl (C=O) groups is 1. The highest BCUT2D eigenvalue weighted by Gasteiger charge is 2.24. The molecule has 5 nitrogen and oxygen atoms in total. The number of nitrogen functional groups attached to an aromatic ring is 1. The topological polar surface area (TPSA) is 68.5 Å². The first-order chi connectivity index (χ1) is 12.1. The maximum Gasteiger partial charge on any atom is 0.222 e. The van der Waals surface area contributed by atoms with Crippen molar-refractivity contribution < 1.29 is 13.9 Å². The van der Waals surface area contributed by atoms with Gasteiger partial charge in [0.05, 0.1) is 12.3 Å². The van der Waals surface area contributed by atoms with E-state index in [1.165, 1.54) is 23.5 Å². The molecule has 0 unspecified atom stereocenters. The molecule has 1 atom stereocenters. The fourth-order valence-electron chi connectivity index (χ4n) is 3.03. The number of aromatic nitrogens is 1. The van der Waals surface area contributed by atoms with Crippen LogP contribution in [0.3, 0.4) is 0 Å². The number of anilines is 1. The molecule has 0 radical (unpaired) electrons. The van der Waals surface area contributed by atoms with Crippen LogP contribution in [0.2, 0.25) is 0 Å². The molecule has 1 amide bonds. The zero-order valence-corrected chi connectivity index (χ0v) is 14.8. The number of halogens is 1. The molecule has 134 valence electrons. The molecule has 1 aliphatic rings. The number of hydrogen-bond donors (Lipinski definition) is 1. The highest BCUT2D eigenvalue weighted by Crippen LogP contribution is 2.20. The molecule has 0 saturated carbocycles. The third kappa shape index (κ3) is 5.16. The first-order valence-corrected chi connectivity index (χ1v) is 9.34. The molecule has 1 aromatic heterocycles. The molecule has 0 spiro atoms. The van der Waals surface area contributed by atoms with Crippen molar-refractivity contribution in [3.63, 3.8) is 0 Å². The van der Waals surface area contributed by atoms with E-state index < -0.39 is 0 Å². The van der Waals surface area contributed by atoms with Crippen molar-refractivity contribution >= 4 is 22.4 Å². The van der Waals surface area contributed by atoms with Crippen LogP contribution in [0.15, 0.2) is 29.6 Å². The summed E-state index contributed by atoms with van der Waals surface area (Å²) in [6, 6.07) is 6.15. The predicted molar refractivity (Wildman–Crippen MR) is 96.0 cm³/mol. The van der Waals surface area contributed by atoms with Crippen LogP contribution in [0, 0.1) is 11.7 Å². The number of piperidine rings is 1. The van der Waals surface area contributed by atoms with Gasteiger partial charge in [-0.1, -0.05) is 6.07 Å². The van der Waals surface area contributed by atoms with Crippen LogP contribution in [0.25, 0.3) is 0 Å². The number of carbonyl (C=O) groups excluding carboxylic acids is 1. The van der Waals surface area contributed by atoms with Gasteiger partial charge >= 0.3 is 0 Å². The van der Waals surface area contributed by atoms with Gasteiger partial charge in [-0.2, -0.15) is 0 Å². The Morgan fingerprint density at radius 1 is 1.48 bits per heavy atom. The second kappa shape index (κ2) is 8.29. The van der Waals surface area contributed by atoms with Crippen molar-refractivity contribution in [3.8, 4) is 5.75 Å². The van der Waals surface area contributed by atoms with E-state index in [1.807, 2.05) is 10.3 Å². The minimum Gasteiger partial charge on any atom is -0.493 e. The van der Waals surface area contributed by atoms with Crippen LogP contribution in [0.5, 0.6) is 5.75 Å². The van der Waals surface area contributed by atoms with Gasteiger partial charge in [-0.25, -0.2) is 9.37 Å². The highest BCUT2D eigenvalue weighted by molar-refractivity contribution is 7.13. The molecule has 7 heteroatoms. The highest BCUT2D eigenvalue weighted by atomic mass is 32.1. The van der Waals surface area contributed by atoms with E-state index >= 15 is 0 Å². The van der Waals surface area contributed by atoms with Crippen LogP contribution < -0.4 is 10.5 Å². The zero-order chi connectivity index (χ0) is 17.6. The van der Waals surface area contributed by atoms with Crippen LogP contribution in [0.4, 0.5) is 9.52 Å². The Labute approximate surface area is 150 Å². The number of nitrogens with two attached hydrogens (primary N) is 1. The Morgan fingerprint density at radius 3 is 3.12 bits per heavy atom. The Kier molecular flexibility index (Phi) is 5.86. The number of rotatable bonds is 6. The van der Waals surface area contributed by atoms with E-state index in [2.05, 4.69) is 4.98 Å². The van der Waals surface area contributed by atoms with Crippen molar-refractivity contribution in [1.29, 1.82) is 0 Å². The van der Waals surface area contributed by atoms with E-state index in [0.717, 1.165) is 25.1 Å². The zero-order valence-electron chi connectivity index (χ0n) is 14.0. The summed E-state index contributed by atoms with van der Waals surface area (Å²) in [5.41, 5.74) is 6.49. The Hall–Kier alpha value is -2.15. The molecule has 2 aromatic rings. The average molecular weight is 363 g/mol. The lowest BCUT2D eigenvalue weighted by atomic mass is 9.98. The van der Waals surface area contributed by atoms with Crippen molar-refractivity contribution in [2.45, 2.75) is 25.7 Å². The molecular formula is C18H22FN3O2S. The fourth-order valence-corrected chi connectivity index (χ4v) is 3.63. The second-order valence-corrected chi connectivity index (χ2v) is 7.18. The molecule has 3 rings (SSSR count). The normalized spacial score (nSPS) is 17.5. The van der Waals surface area contributed by atoms with E-state index in [9.17, 15) is 9.18 Å². The summed E-state index contributed by atoms with van der Waals surface area (Å²) in [6.45, 7) is 1.97. The molecule has 25 heavy (non-hydrogen) atoms. The third-order valence-electron chi connectivity index (χ3n) is 4.32. The summed E-state index contributed by atoms with van der Waals surface area (Å²) < 4.78 is 18.9. The largest absolute Gasteiger partial charge is 0.493 e.